The van der Waals surface area contributed by atoms with Crippen molar-refractivity contribution < 1.29 is 14.3 Å². The fourth-order valence-corrected chi connectivity index (χ4v) is 4.95. The number of para-hydroxylation sites is 2. The Kier molecular flexibility index (Phi) is 7.45. The van der Waals surface area contributed by atoms with Crippen LogP contribution in [0.25, 0.3) is 11.0 Å². The van der Waals surface area contributed by atoms with Crippen LogP contribution in [0, 0.1) is 5.92 Å². The molecule has 1 unspecified atom stereocenters. The zero-order valence-corrected chi connectivity index (χ0v) is 19.3. The molecule has 0 aliphatic carbocycles. The number of carbonyl (C=O) groups excluding carboxylic acids is 2. The maximum atomic E-state index is 12.5. The minimum absolute atomic E-state index is 0.145. The summed E-state index contributed by atoms with van der Waals surface area (Å²) >= 11 is 1.67. The maximum Gasteiger partial charge on any atom is 0.326 e. The number of thioether (sulfide) groups is 1. The smallest absolute Gasteiger partial charge is 0.326 e. The number of ether oxygens (including phenoxy) is 1. The van der Waals surface area contributed by atoms with Gasteiger partial charge in [0.15, 0.2) is 5.16 Å². The van der Waals surface area contributed by atoms with Crippen LogP contribution >= 0.6 is 11.8 Å². The van der Waals surface area contributed by atoms with Crippen molar-refractivity contribution in [2.24, 2.45) is 5.92 Å². The number of fused-ring (bicyclic) bond motifs is 1. The van der Waals surface area contributed by atoms with Crippen molar-refractivity contribution in [1.82, 2.24) is 14.5 Å². The largest absolute Gasteiger partial charge is 0.459 e. The van der Waals surface area contributed by atoms with E-state index in [9.17, 15) is 9.59 Å². The number of nitrogens with zero attached hydrogens (tertiary/aromatic N) is 3. The third-order valence-electron chi connectivity index (χ3n) is 5.11. The van der Waals surface area contributed by atoms with E-state index in [1.54, 1.807) is 11.8 Å². The summed E-state index contributed by atoms with van der Waals surface area (Å²) in [6, 6.07) is 7.88. The molecule has 1 amide bonds. The van der Waals surface area contributed by atoms with Gasteiger partial charge in [0.1, 0.15) is 12.1 Å². The molecule has 0 saturated carbocycles. The molecule has 3 rings (SSSR count). The average Bonchev–Trinajstić information content (AvgIpc) is 3.03. The highest BCUT2D eigenvalue weighted by Gasteiger charge is 2.25. The minimum Gasteiger partial charge on any atom is -0.459 e. The van der Waals surface area contributed by atoms with E-state index in [0.29, 0.717) is 12.3 Å². The van der Waals surface area contributed by atoms with Gasteiger partial charge in [-0.3, -0.25) is 9.59 Å². The number of amides is 1. The van der Waals surface area contributed by atoms with Crippen LogP contribution in [-0.2, 0) is 20.9 Å². The number of esters is 1. The lowest BCUT2D eigenvalue weighted by atomic mass is 10.00. The van der Waals surface area contributed by atoms with Crippen molar-refractivity contribution >= 4 is 34.7 Å². The number of carbonyl (C=O) groups is 2. The van der Waals surface area contributed by atoms with E-state index in [-0.39, 0.29) is 18.4 Å². The van der Waals surface area contributed by atoms with E-state index in [0.717, 1.165) is 54.3 Å². The number of hydrogen-bond acceptors (Lipinski definition) is 5. The van der Waals surface area contributed by atoms with E-state index >= 15 is 0 Å². The predicted molar refractivity (Wildman–Crippen MR) is 121 cm³/mol. The van der Waals surface area contributed by atoms with Gasteiger partial charge in [-0.25, -0.2) is 4.98 Å². The molecule has 7 heteroatoms. The molecule has 1 fully saturated rings. The van der Waals surface area contributed by atoms with E-state index in [2.05, 4.69) is 0 Å². The molecule has 0 bridgehead atoms. The molecule has 1 atom stereocenters. The van der Waals surface area contributed by atoms with E-state index < -0.39 is 5.60 Å². The third-order valence-corrected chi connectivity index (χ3v) is 6.32. The fourth-order valence-electron chi connectivity index (χ4n) is 3.81. The van der Waals surface area contributed by atoms with Crippen molar-refractivity contribution in [3.05, 3.63) is 24.3 Å². The van der Waals surface area contributed by atoms with Gasteiger partial charge in [-0.05, 0) is 58.1 Å². The summed E-state index contributed by atoms with van der Waals surface area (Å²) in [5, 5.41) is 0.832. The number of aromatic nitrogens is 2. The van der Waals surface area contributed by atoms with Crippen molar-refractivity contribution in [2.75, 3.05) is 18.8 Å². The first-order valence-electron chi connectivity index (χ1n) is 10.8. The van der Waals surface area contributed by atoms with Crippen LogP contribution in [-0.4, -0.2) is 50.8 Å². The van der Waals surface area contributed by atoms with Gasteiger partial charge in [-0.15, -0.1) is 0 Å². The topological polar surface area (TPSA) is 64.4 Å². The second-order valence-corrected chi connectivity index (χ2v) is 9.95. The lowest BCUT2D eigenvalue weighted by Crippen LogP contribution is -2.40. The van der Waals surface area contributed by atoms with E-state index in [4.69, 9.17) is 9.72 Å². The number of benzene rings is 1. The molecule has 6 nitrogen and oxygen atoms in total. The Hall–Kier alpha value is -2.02. The van der Waals surface area contributed by atoms with Crippen LogP contribution in [0.1, 0.15) is 53.4 Å². The fraction of sp³-hybridized carbons (Fsp3) is 0.609. The molecule has 0 N–H and O–H groups in total. The summed E-state index contributed by atoms with van der Waals surface area (Å²) in [4.78, 5) is 31.5. The molecule has 1 aromatic heterocycles. The van der Waals surface area contributed by atoms with Crippen molar-refractivity contribution in [2.45, 2.75) is 70.7 Å². The Balaban J connectivity index is 1.71. The van der Waals surface area contributed by atoms with Gasteiger partial charge in [-0.1, -0.05) is 30.8 Å². The van der Waals surface area contributed by atoms with Crippen molar-refractivity contribution in [3.63, 3.8) is 0 Å². The zero-order chi connectivity index (χ0) is 21.7. The van der Waals surface area contributed by atoms with Gasteiger partial charge in [0.25, 0.3) is 0 Å². The second kappa shape index (κ2) is 9.86. The van der Waals surface area contributed by atoms with Crippen LogP contribution in [0.3, 0.4) is 0 Å². The average molecular weight is 432 g/mol. The van der Waals surface area contributed by atoms with Crippen molar-refractivity contribution in [3.8, 4) is 0 Å². The molecule has 0 spiro atoms. The molecule has 1 saturated heterocycles. The summed E-state index contributed by atoms with van der Waals surface area (Å²) < 4.78 is 7.49. The first-order chi connectivity index (χ1) is 14.3. The minimum atomic E-state index is -0.517. The van der Waals surface area contributed by atoms with Crippen LogP contribution in [0.15, 0.2) is 29.4 Å². The standard InChI is InChI=1S/C23H33N3O3S/c1-5-9-20(27)25-13-8-10-17(14-25)16-30-22-24-18-11-6-7-12-19(18)26(22)15-21(28)29-23(2,3)4/h6-7,11-12,17H,5,8-10,13-16H2,1-4H3. The van der Waals surface area contributed by atoms with E-state index in [1.807, 2.05) is 61.4 Å². The van der Waals surface area contributed by atoms with Gasteiger partial charge < -0.3 is 14.2 Å². The summed E-state index contributed by atoms with van der Waals surface area (Å²) in [6.07, 6.45) is 3.69. The first kappa shape index (κ1) is 22.7. The Labute approximate surface area is 183 Å². The number of likely N-dealkylation sites (tertiary alicyclic amines) is 1. The molecule has 164 valence electrons. The van der Waals surface area contributed by atoms with E-state index in [1.165, 1.54) is 0 Å². The molecule has 1 aromatic carbocycles. The van der Waals surface area contributed by atoms with Gasteiger partial charge >= 0.3 is 5.97 Å². The first-order valence-corrected chi connectivity index (χ1v) is 11.8. The third kappa shape index (κ3) is 6.00. The molecule has 0 radical (unpaired) electrons. The number of hydrogen-bond donors (Lipinski definition) is 0. The molecule has 2 heterocycles. The normalized spacial score (nSPS) is 17.3. The predicted octanol–water partition coefficient (Wildman–Crippen LogP) is 4.51. The van der Waals surface area contributed by atoms with Crippen LogP contribution in [0.4, 0.5) is 0 Å². The zero-order valence-electron chi connectivity index (χ0n) is 18.5. The van der Waals surface area contributed by atoms with Crippen LogP contribution in [0.2, 0.25) is 0 Å². The van der Waals surface area contributed by atoms with Gasteiger partial charge in [-0.2, -0.15) is 0 Å². The lowest BCUT2D eigenvalue weighted by Gasteiger charge is -2.32. The molecule has 1 aliphatic rings. The quantitative estimate of drug-likeness (QED) is 0.477. The monoisotopic (exact) mass is 431 g/mol. The SMILES string of the molecule is CCCC(=O)N1CCCC(CSc2nc3ccccc3n2CC(=O)OC(C)(C)C)C1. The maximum absolute atomic E-state index is 12.5. The highest BCUT2D eigenvalue weighted by atomic mass is 32.2. The van der Waals surface area contributed by atoms with Gasteiger partial charge in [0.05, 0.1) is 11.0 Å². The van der Waals surface area contributed by atoms with Crippen molar-refractivity contribution in [1.29, 1.82) is 0 Å². The Morgan fingerprint density at radius 3 is 2.77 bits per heavy atom. The van der Waals surface area contributed by atoms with Crippen LogP contribution in [0.5, 0.6) is 0 Å². The molecule has 2 aromatic rings. The lowest BCUT2D eigenvalue weighted by molar-refractivity contribution is -0.155. The Morgan fingerprint density at radius 1 is 1.27 bits per heavy atom. The van der Waals surface area contributed by atoms with Crippen LogP contribution < -0.4 is 0 Å². The van der Waals surface area contributed by atoms with Gasteiger partial charge in [0, 0.05) is 25.3 Å². The molecule has 30 heavy (non-hydrogen) atoms. The summed E-state index contributed by atoms with van der Waals surface area (Å²) in [5.41, 5.74) is 1.30. The Morgan fingerprint density at radius 2 is 2.03 bits per heavy atom. The highest BCUT2D eigenvalue weighted by Crippen LogP contribution is 2.29. The summed E-state index contributed by atoms with van der Waals surface area (Å²) in [5.74, 6) is 1.33. The Bertz CT molecular complexity index is 887. The van der Waals surface area contributed by atoms with Gasteiger partial charge in [0.2, 0.25) is 5.91 Å². The summed E-state index contributed by atoms with van der Waals surface area (Å²) in [6.45, 7) is 9.51. The number of piperidine rings is 1. The highest BCUT2D eigenvalue weighted by molar-refractivity contribution is 7.99. The molecular formula is C23H33N3O3S. The molecule has 1 aliphatic heterocycles. The summed E-state index contributed by atoms with van der Waals surface area (Å²) in [7, 11) is 0. The number of rotatable bonds is 7. The molecular weight excluding hydrogens is 398 g/mol. The number of imidazole rings is 1. The second-order valence-electron chi connectivity index (χ2n) is 8.96.